The molecule has 0 radical (unpaired) electrons. The van der Waals surface area contributed by atoms with Crippen molar-refractivity contribution in [3.63, 3.8) is 0 Å². The first-order chi connectivity index (χ1) is 11.5. The van der Waals surface area contributed by atoms with Crippen LogP contribution in [0.4, 0.5) is 0 Å². The van der Waals surface area contributed by atoms with Crippen molar-refractivity contribution in [3.8, 4) is 11.5 Å². The van der Waals surface area contributed by atoms with Crippen molar-refractivity contribution in [2.24, 2.45) is 0 Å². The van der Waals surface area contributed by atoms with E-state index < -0.39 is 11.8 Å². The molecular formula is C17H18N2O5. The number of aryl methyl sites for hydroxylation is 1. The molecule has 126 valence electrons. The maximum Gasteiger partial charge on any atom is 0.273 e. The number of furan rings is 1. The number of rotatable bonds is 5. The van der Waals surface area contributed by atoms with Gasteiger partial charge in [-0.05, 0) is 31.2 Å². The summed E-state index contributed by atoms with van der Waals surface area (Å²) in [6, 6.07) is 6.74. The van der Waals surface area contributed by atoms with Crippen LogP contribution < -0.4 is 20.3 Å². The van der Waals surface area contributed by atoms with Crippen molar-refractivity contribution < 1.29 is 23.5 Å². The maximum atomic E-state index is 11.8. The molecule has 2 aromatic rings. The Morgan fingerprint density at radius 3 is 2.54 bits per heavy atom. The van der Waals surface area contributed by atoms with E-state index in [1.807, 2.05) is 0 Å². The highest BCUT2D eigenvalue weighted by Gasteiger charge is 2.11. The van der Waals surface area contributed by atoms with Crippen molar-refractivity contribution in [1.29, 1.82) is 0 Å². The van der Waals surface area contributed by atoms with Gasteiger partial charge in [0.25, 0.3) is 11.8 Å². The van der Waals surface area contributed by atoms with Crippen LogP contribution >= 0.6 is 0 Å². The predicted octanol–water partition coefficient (Wildman–Crippen LogP) is 2.08. The minimum absolute atomic E-state index is 0.358. The third kappa shape index (κ3) is 4.16. The maximum absolute atomic E-state index is 11.8. The highest BCUT2D eigenvalue weighted by Crippen LogP contribution is 2.25. The van der Waals surface area contributed by atoms with E-state index in [9.17, 15) is 9.59 Å². The zero-order chi connectivity index (χ0) is 17.5. The van der Waals surface area contributed by atoms with E-state index in [1.54, 1.807) is 38.3 Å². The second-order valence-corrected chi connectivity index (χ2v) is 4.78. The number of hydrazine groups is 1. The number of hydrogen-bond donors (Lipinski definition) is 2. The summed E-state index contributed by atoms with van der Waals surface area (Å²) in [5.74, 6) is 0.750. The molecule has 0 saturated heterocycles. The Morgan fingerprint density at radius 1 is 1.12 bits per heavy atom. The van der Waals surface area contributed by atoms with Gasteiger partial charge in [-0.2, -0.15) is 0 Å². The topological polar surface area (TPSA) is 89.8 Å². The van der Waals surface area contributed by atoms with E-state index in [0.717, 1.165) is 0 Å². The molecule has 0 bridgehead atoms. The fourth-order valence-electron chi connectivity index (χ4n) is 1.97. The summed E-state index contributed by atoms with van der Waals surface area (Å²) in [6.07, 6.45) is 4.26. The zero-order valence-corrected chi connectivity index (χ0v) is 13.6. The summed E-state index contributed by atoms with van der Waals surface area (Å²) in [5.41, 5.74) is 5.66. The van der Waals surface area contributed by atoms with Gasteiger partial charge in [-0.25, -0.2) is 0 Å². The van der Waals surface area contributed by atoms with Gasteiger partial charge in [0.05, 0.1) is 26.0 Å². The van der Waals surface area contributed by atoms with Gasteiger partial charge in [0, 0.05) is 17.7 Å². The Hall–Kier alpha value is -3.22. The van der Waals surface area contributed by atoms with Gasteiger partial charge in [-0.1, -0.05) is 0 Å². The average molecular weight is 330 g/mol. The van der Waals surface area contributed by atoms with Crippen LogP contribution in [0.15, 0.2) is 41.0 Å². The molecule has 0 aliphatic heterocycles. The lowest BCUT2D eigenvalue weighted by molar-refractivity contribution is -0.117. The Balaban J connectivity index is 1.96. The lowest BCUT2D eigenvalue weighted by Gasteiger charge is -2.07. The van der Waals surface area contributed by atoms with Gasteiger partial charge in [0.2, 0.25) is 0 Å². The average Bonchev–Trinajstić information content (AvgIpc) is 3.03. The predicted molar refractivity (Wildman–Crippen MR) is 87.6 cm³/mol. The number of carbonyl (C=O) groups is 2. The van der Waals surface area contributed by atoms with Crippen LogP contribution in [0.1, 0.15) is 21.7 Å². The van der Waals surface area contributed by atoms with E-state index in [0.29, 0.717) is 28.4 Å². The van der Waals surface area contributed by atoms with Gasteiger partial charge in [-0.3, -0.25) is 20.4 Å². The lowest BCUT2D eigenvalue weighted by Crippen LogP contribution is -2.40. The minimum atomic E-state index is -0.484. The summed E-state index contributed by atoms with van der Waals surface area (Å²) < 4.78 is 15.4. The van der Waals surface area contributed by atoms with Crippen LogP contribution in [0.5, 0.6) is 11.5 Å². The largest absolute Gasteiger partial charge is 0.497 e. The molecule has 0 saturated carbocycles. The van der Waals surface area contributed by atoms with Crippen LogP contribution in [-0.4, -0.2) is 26.0 Å². The Labute approximate surface area is 139 Å². The number of methoxy groups -OCH3 is 2. The van der Waals surface area contributed by atoms with E-state index in [-0.39, 0.29) is 0 Å². The number of nitrogens with one attached hydrogen (secondary N) is 2. The molecule has 0 atom stereocenters. The fraction of sp³-hybridized carbons (Fsp3) is 0.176. The van der Waals surface area contributed by atoms with Gasteiger partial charge >= 0.3 is 0 Å². The first-order valence-electron chi connectivity index (χ1n) is 7.09. The second kappa shape index (κ2) is 7.87. The third-order valence-electron chi connectivity index (χ3n) is 3.26. The summed E-state index contributed by atoms with van der Waals surface area (Å²) in [5, 5.41) is 0. The highest BCUT2D eigenvalue weighted by atomic mass is 16.5. The Morgan fingerprint density at radius 2 is 1.92 bits per heavy atom. The summed E-state index contributed by atoms with van der Waals surface area (Å²) in [7, 11) is 3.09. The molecule has 2 amide bonds. The van der Waals surface area contributed by atoms with Crippen molar-refractivity contribution in [2.45, 2.75) is 6.92 Å². The molecular weight excluding hydrogens is 312 g/mol. The number of amides is 2. The number of hydrogen-bond acceptors (Lipinski definition) is 5. The molecule has 1 aromatic carbocycles. The normalized spacial score (nSPS) is 10.5. The zero-order valence-electron chi connectivity index (χ0n) is 13.6. The van der Waals surface area contributed by atoms with Gasteiger partial charge in [0.15, 0.2) is 0 Å². The third-order valence-corrected chi connectivity index (χ3v) is 3.26. The first kappa shape index (κ1) is 17.1. The van der Waals surface area contributed by atoms with Crippen molar-refractivity contribution in [1.82, 2.24) is 10.9 Å². The molecule has 1 aromatic heterocycles. The fourth-order valence-corrected chi connectivity index (χ4v) is 1.97. The number of carbonyl (C=O) groups excluding carboxylic acids is 2. The van der Waals surface area contributed by atoms with E-state index >= 15 is 0 Å². The summed E-state index contributed by atoms with van der Waals surface area (Å²) in [6.45, 7) is 1.66. The van der Waals surface area contributed by atoms with Crippen LogP contribution in [0.3, 0.4) is 0 Å². The van der Waals surface area contributed by atoms with Crippen molar-refractivity contribution >= 4 is 17.9 Å². The quantitative estimate of drug-likeness (QED) is 0.647. The highest BCUT2D eigenvalue weighted by molar-refractivity contribution is 5.98. The van der Waals surface area contributed by atoms with E-state index in [4.69, 9.17) is 13.9 Å². The van der Waals surface area contributed by atoms with Crippen LogP contribution in [0.25, 0.3) is 6.08 Å². The smallest absolute Gasteiger partial charge is 0.273 e. The molecule has 1 heterocycles. The van der Waals surface area contributed by atoms with Gasteiger partial charge in [-0.15, -0.1) is 0 Å². The SMILES string of the molecule is COc1ccc(/C=C/C(=O)NNC(=O)c2ccoc2C)c(OC)c1. The van der Waals surface area contributed by atoms with Crippen molar-refractivity contribution in [2.75, 3.05) is 14.2 Å². The number of ether oxygens (including phenoxy) is 2. The molecule has 0 fully saturated rings. The summed E-state index contributed by atoms with van der Waals surface area (Å²) in [4.78, 5) is 23.6. The van der Waals surface area contributed by atoms with Gasteiger partial charge in [0.1, 0.15) is 17.3 Å². The molecule has 24 heavy (non-hydrogen) atoms. The Bertz CT molecular complexity index is 764. The second-order valence-electron chi connectivity index (χ2n) is 4.78. The van der Waals surface area contributed by atoms with E-state index in [1.165, 1.54) is 25.5 Å². The molecule has 0 aliphatic carbocycles. The molecule has 7 nitrogen and oxygen atoms in total. The minimum Gasteiger partial charge on any atom is -0.497 e. The van der Waals surface area contributed by atoms with Crippen LogP contribution in [-0.2, 0) is 4.79 Å². The van der Waals surface area contributed by atoms with Crippen LogP contribution in [0.2, 0.25) is 0 Å². The lowest BCUT2D eigenvalue weighted by atomic mass is 10.1. The molecule has 7 heteroatoms. The molecule has 2 rings (SSSR count). The monoisotopic (exact) mass is 330 g/mol. The first-order valence-corrected chi connectivity index (χ1v) is 7.09. The van der Waals surface area contributed by atoms with Crippen LogP contribution in [0, 0.1) is 6.92 Å². The molecule has 0 spiro atoms. The summed E-state index contributed by atoms with van der Waals surface area (Å²) >= 11 is 0. The molecule has 2 N–H and O–H groups in total. The molecule has 0 unspecified atom stereocenters. The van der Waals surface area contributed by atoms with Gasteiger partial charge < -0.3 is 13.9 Å². The number of benzene rings is 1. The van der Waals surface area contributed by atoms with Crippen molar-refractivity contribution in [3.05, 3.63) is 53.5 Å². The standard InChI is InChI=1S/C17H18N2O5/c1-11-14(8-9-24-11)17(21)19-18-16(20)7-5-12-4-6-13(22-2)10-15(12)23-3/h4-10H,1-3H3,(H,18,20)(H,19,21)/b7-5+. The Kier molecular flexibility index (Phi) is 5.62. The molecule has 0 aliphatic rings. The van der Waals surface area contributed by atoms with E-state index in [2.05, 4.69) is 10.9 Å².